The third-order valence-corrected chi connectivity index (χ3v) is 2.90. The second kappa shape index (κ2) is 5.46. The van der Waals surface area contributed by atoms with Gasteiger partial charge in [-0.25, -0.2) is 4.98 Å². The highest BCUT2D eigenvalue weighted by molar-refractivity contribution is 5.95. The van der Waals surface area contributed by atoms with Crippen LogP contribution in [0.1, 0.15) is 5.69 Å². The van der Waals surface area contributed by atoms with E-state index in [1.807, 2.05) is 30.3 Å². The van der Waals surface area contributed by atoms with Crippen molar-refractivity contribution in [2.75, 3.05) is 0 Å². The molecule has 0 radical (unpaired) electrons. The summed E-state index contributed by atoms with van der Waals surface area (Å²) in [7, 11) is 0. The fraction of sp³-hybridized carbons (Fsp3) is 0. The van der Waals surface area contributed by atoms with E-state index in [0.29, 0.717) is 17.3 Å². The molecule has 3 aromatic rings. The number of oxime groups is 1. The molecule has 0 spiro atoms. The Hall–Kier alpha value is -3.15. The number of aromatic nitrogens is 2. The topological polar surface area (TPSA) is 93.6 Å². The van der Waals surface area contributed by atoms with Crippen LogP contribution in [0.4, 0.5) is 0 Å². The number of fused-ring (bicyclic) bond motifs is 1. The van der Waals surface area contributed by atoms with Gasteiger partial charge in [-0.15, -0.1) is 0 Å². The van der Waals surface area contributed by atoms with Gasteiger partial charge in [-0.1, -0.05) is 29.4 Å². The minimum atomic E-state index is -0.0727. The van der Waals surface area contributed by atoms with Crippen LogP contribution in [-0.4, -0.2) is 21.0 Å². The summed E-state index contributed by atoms with van der Waals surface area (Å²) in [6.07, 6.45) is 1.70. The number of rotatable bonds is 3. The number of nitrogens with zero attached hydrogens (tertiary/aromatic N) is 3. The highest BCUT2D eigenvalue weighted by atomic mass is 16.5. The van der Waals surface area contributed by atoms with Crippen LogP contribution in [-0.2, 0) is 0 Å². The first-order chi connectivity index (χ1) is 10.3. The molecule has 3 rings (SSSR count). The second-order valence-electron chi connectivity index (χ2n) is 4.28. The van der Waals surface area contributed by atoms with Crippen LogP contribution in [0.2, 0.25) is 0 Å². The normalized spacial score (nSPS) is 11.5. The first-order valence-corrected chi connectivity index (χ1v) is 6.24. The quantitative estimate of drug-likeness (QED) is 0.333. The SMILES string of the molecule is NC(=NO)c1cccc(Oc2cccc3cccnc23)n1. The first-order valence-electron chi connectivity index (χ1n) is 6.24. The average molecular weight is 280 g/mol. The lowest BCUT2D eigenvalue weighted by Gasteiger charge is -2.08. The molecule has 0 fully saturated rings. The molecule has 0 saturated heterocycles. The zero-order chi connectivity index (χ0) is 14.7. The maximum atomic E-state index is 8.68. The third kappa shape index (κ3) is 2.59. The summed E-state index contributed by atoms with van der Waals surface area (Å²) in [5.74, 6) is 0.867. The van der Waals surface area contributed by atoms with Crippen LogP contribution in [0.15, 0.2) is 59.9 Å². The number of pyridine rings is 2. The second-order valence-corrected chi connectivity index (χ2v) is 4.28. The van der Waals surface area contributed by atoms with Crippen molar-refractivity contribution in [1.82, 2.24) is 9.97 Å². The smallest absolute Gasteiger partial charge is 0.219 e. The van der Waals surface area contributed by atoms with Crippen molar-refractivity contribution in [3.05, 3.63) is 60.4 Å². The molecular formula is C15H12N4O2. The van der Waals surface area contributed by atoms with E-state index in [-0.39, 0.29) is 5.84 Å². The van der Waals surface area contributed by atoms with E-state index in [0.717, 1.165) is 10.9 Å². The van der Waals surface area contributed by atoms with E-state index in [1.54, 1.807) is 24.4 Å². The molecule has 0 unspecified atom stereocenters. The van der Waals surface area contributed by atoms with E-state index in [4.69, 9.17) is 15.7 Å². The molecule has 0 atom stereocenters. The Balaban J connectivity index is 1.99. The molecule has 2 heterocycles. The van der Waals surface area contributed by atoms with Gasteiger partial charge in [-0.2, -0.15) is 0 Å². The number of ether oxygens (including phenoxy) is 1. The number of hydrogen-bond acceptors (Lipinski definition) is 5. The zero-order valence-electron chi connectivity index (χ0n) is 11.0. The summed E-state index contributed by atoms with van der Waals surface area (Å²) in [5, 5.41) is 12.6. The van der Waals surface area contributed by atoms with E-state index in [1.165, 1.54) is 0 Å². The number of amidine groups is 1. The average Bonchev–Trinajstić information content (AvgIpc) is 2.55. The summed E-state index contributed by atoms with van der Waals surface area (Å²) in [6.45, 7) is 0. The molecule has 21 heavy (non-hydrogen) atoms. The van der Waals surface area contributed by atoms with Crippen LogP contribution in [0, 0.1) is 0 Å². The lowest BCUT2D eigenvalue weighted by Crippen LogP contribution is -2.14. The molecule has 0 aliphatic heterocycles. The molecule has 104 valence electrons. The first kappa shape index (κ1) is 12.9. The highest BCUT2D eigenvalue weighted by Gasteiger charge is 2.07. The van der Waals surface area contributed by atoms with Gasteiger partial charge in [-0.05, 0) is 18.2 Å². The molecule has 0 amide bonds. The minimum Gasteiger partial charge on any atom is -0.437 e. The molecule has 0 bridgehead atoms. The lowest BCUT2D eigenvalue weighted by atomic mass is 10.2. The van der Waals surface area contributed by atoms with Crippen LogP contribution in [0.5, 0.6) is 11.6 Å². The summed E-state index contributed by atoms with van der Waals surface area (Å²) in [5.41, 5.74) is 6.60. The van der Waals surface area contributed by atoms with Crippen molar-refractivity contribution in [2.24, 2.45) is 10.9 Å². The number of nitrogens with two attached hydrogens (primary N) is 1. The Morgan fingerprint density at radius 3 is 2.76 bits per heavy atom. The number of para-hydroxylation sites is 1. The lowest BCUT2D eigenvalue weighted by molar-refractivity contribution is 0.318. The van der Waals surface area contributed by atoms with Gasteiger partial charge >= 0.3 is 0 Å². The largest absolute Gasteiger partial charge is 0.437 e. The minimum absolute atomic E-state index is 0.0727. The maximum absolute atomic E-state index is 8.68. The van der Waals surface area contributed by atoms with Crippen LogP contribution >= 0.6 is 0 Å². The molecular weight excluding hydrogens is 268 g/mol. The monoisotopic (exact) mass is 280 g/mol. The van der Waals surface area contributed by atoms with Crippen molar-refractivity contribution < 1.29 is 9.94 Å². The van der Waals surface area contributed by atoms with Crippen molar-refractivity contribution in [2.45, 2.75) is 0 Å². The standard InChI is InChI=1S/C15H12N4O2/c16-15(19-20)11-6-2-8-13(18-11)21-12-7-1-4-10-5-3-9-17-14(10)12/h1-9,20H,(H2,16,19). The van der Waals surface area contributed by atoms with Gasteiger partial charge in [0.1, 0.15) is 11.2 Å². The summed E-state index contributed by atoms with van der Waals surface area (Å²) in [4.78, 5) is 8.49. The van der Waals surface area contributed by atoms with Crippen LogP contribution < -0.4 is 10.5 Å². The van der Waals surface area contributed by atoms with Gasteiger partial charge in [0.25, 0.3) is 0 Å². The predicted octanol–water partition coefficient (Wildman–Crippen LogP) is 2.52. The molecule has 0 aliphatic rings. The van der Waals surface area contributed by atoms with Gasteiger partial charge in [0.2, 0.25) is 5.88 Å². The van der Waals surface area contributed by atoms with Gasteiger partial charge in [0.15, 0.2) is 11.6 Å². The predicted molar refractivity (Wildman–Crippen MR) is 78.6 cm³/mol. The van der Waals surface area contributed by atoms with E-state index in [2.05, 4.69) is 15.1 Å². The van der Waals surface area contributed by atoms with E-state index >= 15 is 0 Å². The fourth-order valence-corrected chi connectivity index (χ4v) is 1.94. The van der Waals surface area contributed by atoms with E-state index in [9.17, 15) is 0 Å². The van der Waals surface area contributed by atoms with Gasteiger partial charge < -0.3 is 15.7 Å². The van der Waals surface area contributed by atoms with Gasteiger partial charge in [-0.3, -0.25) is 4.98 Å². The Bertz CT molecular complexity index is 812. The fourth-order valence-electron chi connectivity index (χ4n) is 1.94. The summed E-state index contributed by atoms with van der Waals surface area (Å²) >= 11 is 0. The Morgan fingerprint density at radius 2 is 1.90 bits per heavy atom. The van der Waals surface area contributed by atoms with Crippen molar-refractivity contribution in [3.63, 3.8) is 0 Å². The molecule has 6 heteroatoms. The van der Waals surface area contributed by atoms with Gasteiger partial charge in [0, 0.05) is 17.6 Å². The molecule has 0 aliphatic carbocycles. The van der Waals surface area contributed by atoms with Crippen LogP contribution in [0.3, 0.4) is 0 Å². The Labute approximate surface area is 120 Å². The summed E-state index contributed by atoms with van der Waals surface area (Å²) < 4.78 is 5.76. The number of hydrogen-bond donors (Lipinski definition) is 2. The maximum Gasteiger partial charge on any atom is 0.219 e. The molecule has 1 aromatic carbocycles. The Morgan fingerprint density at radius 1 is 1.10 bits per heavy atom. The van der Waals surface area contributed by atoms with Crippen molar-refractivity contribution >= 4 is 16.7 Å². The highest BCUT2D eigenvalue weighted by Crippen LogP contribution is 2.27. The van der Waals surface area contributed by atoms with Gasteiger partial charge in [0.05, 0.1) is 0 Å². The number of benzene rings is 1. The van der Waals surface area contributed by atoms with Crippen molar-refractivity contribution in [1.29, 1.82) is 0 Å². The summed E-state index contributed by atoms with van der Waals surface area (Å²) in [6, 6.07) is 14.5. The molecule has 0 saturated carbocycles. The molecule has 2 aromatic heterocycles. The van der Waals surface area contributed by atoms with Crippen LogP contribution in [0.25, 0.3) is 10.9 Å². The molecule has 6 nitrogen and oxygen atoms in total. The van der Waals surface area contributed by atoms with Crippen molar-refractivity contribution in [3.8, 4) is 11.6 Å². The third-order valence-electron chi connectivity index (χ3n) is 2.90. The zero-order valence-corrected chi connectivity index (χ0v) is 11.0. The van der Waals surface area contributed by atoms with E-state index < -0.39 is 0 Å². The molecule has 3 N–H and O–H groups in total. The Kier molecular flexibility index (Phi) is 3.34.